The highest BCUT2D eigenvalue weighted by Gasteiger charge is 2.23. The van der Waals surface area contributed by atoms with Crippen LogP contribution in [0.2, 0.25) is 10.0 Å². The van der Waals surface area contributed by atoms with Gasteiger partial charge in [-0.05, 0) is 121 Å². The number of benzene rings is 4. The van der Waals surface area contributed by atoms with E-state index in [0.29, 0.717) is 34.8 Å². The first-order valence-corrected chi connectivity index (χ1v) is 25.8. The lowest BCUT2D eigenvalue weighted by molar-refractivity contribution is 0.309. The third-order valence-corrected chi connectivity index (χ3v) is 14.4. The zero-order valence-electron chi connectivity index (χ0n) is 38.0. The lowest BCUT2D eigenvalue weighted by Gasteiger charge is -2.13. The molecular formula is C56H52Cl2N4O4S2. The van der Waals surface area contributed by atoms with Crippen LogP contribution in [0.25, 0.3) is 90.9 Å². The number of ether oxygens (including phenoxy) is 2. The first kappa shape index (κ1) is 47.4. The first-order valence-electron chi connectivity index (χ1n) is 23.1. The molecule has 0 saturated carbocycles. The van der Waals surface area contributed by atoms with E-state index >= 15 is 0 Å². The maximum atomic E-state index is 9.97. The number of aliphatic hydroxyl groups excluding tert-OH is 2. The summed E-state index contributed by atoms with van der Waals surface area (Å²) in [4.78, 5) is 20.5. The van der Waals surface area contributed by atoms with Crippen LogP contribution in [0.3, 0.4) is 0 Å². The Labute approximate surface area is 415 Å². The quantitative estimate of drug-likeness (QED) is 0.0496. The van der Waals surface area contributed by atoms with E-state index in [-0.39, 0.29) is 13.2 Å². The van der Waals surface area contributed by atoms with Gasteiger partial charge in [0.15, 0.2) is 0 Å². The van der Waals surface area contributed by atoms with Crippen LogP contribution in [0.1, 0.15) is 62.3 Å². The van der Waals surface area contributed by atoms with Crippen LogP contribution in [0.5, 0.6) is 11.5 Å². The summed E-state index contributed by atoms with van der Waals surface area (Å²) in [5, 5.41) is 21.1. The minimum Gasteiger partial charge on any atom is -0.494 e. The van der Waals surface area contributed by atoms with E-state index < -0.39 is 0 Å². The molecule has 3 aromatic heterocycles. The van der Waals surface area contributed by atoms with Crippen molar-refractivity contribution in [2.24, 2.45) is 0 Å². The number of aromatic nitrogens is 4. The molecule has 0 aliphatic carbocycles. The average molecular weight is 980 g/mol. The number of thioether (sulfide) groups is 2. The zero-order chi connectivity index (χ0) is 47.0. The number of nitrogens with zero attached hydrogens (tertiary/aromatic N) is 2. The first-order chi connectivity index (χ1) is 33.4. The van der Waals surface area contributed by atoms with Crippen LogP contribution < -0.4 is 9.47 Å². The number of H-pyrrole nitrogens is 2. The number of halogens is 2. The van der Waals surface area contributed by atoms with Crippen molar-refractivity contribution in [1.29, 1.82) is 0 Å². The summed E-state index contributed by atoms with van der Waals surface area (Å²) in [7, 11) is 0. The molecule has 9 rings (SSSR count). The summed E-state index contributed by atoms with van der Waals surface area (Å²) in [6, 6.07) is 36.5. The highest BCUT2D eigenvalue weighted by molar-refractivity contribution is 7.99. The second-order valence-electron chi connectivity index (χ2n) is 16.3. The molecule has 68 heavy (non-hydrogen) atoms. The van der Waals surface area contributed by atoms with Crippen molar-refractivity contribution in [1.82, 2.24) is 19.9 Å². The number of hydrogen-bond acceptors (Lipinski definition) is 8. The summed E-state index contributed by atoms with van der Waals surface area (Å²) in [6.07, 6.45) is 12.2. The van der Waals surface area contributed by atoms with Gasteiger partial charge in [-0.15, -0.1) is 23.5 Å². The van der Waals surface area contributed by atoms with Gasteiger partial charge in [0, 0.05) is 86.8 Å². The number of aliphatic hydroxyl groups is 2. The molecule has 2 aliphatic rings. The molecule has 4 N–H and O–H groups in total. The zero-order valence-corrected chi connectivity index (χ0v) is 41.1. The molecule has 0 amide bonds. The lowest BCUT2D eigenvalue weighted by Crippen LogP contribution is -1.96. The number of unbranched alkanes of at least 4 members (excludes halogenated alkanes) is 2. The molecule has 346 valence electrons. The van der Waals surface area contributed by atoms with Crippen molar-refractivity contribution in [2.45, 2.75) is 49.3 Å². The fourth-order valence-electron chi connectivity index (χ4n) is 8.49. The maximum Gasteiger partial charge on any atom is 0.119 e. The number of rotatable bonds is 18. The maximum absolute atomic E-state index is 9.97. The Kier molecular flexibility index (Phi) is 15.4. The molecule has 2 aliphatic heterocycles. The van der Waals surface area contributed by atoms with Gasteiger partial charge < -0.3 is 29.7 Å². The van der Waals surface area contributed by atoms with Crippen molar-refractivity contribution in [3.05, 3.63) is 142 Å². The summed E-state index contributed by atoms with van der Waals surface area (Å²) in [6.45, 7) is 5.64. The van der Waals surface area contributed by atoms with Gasteiger partial charge in [-0.3, -0.25) is 0 Å². The summed E-state index contributed by atoms with van der Waals surface area (Å²) in [5.41, 5.74) is 13.2. The monoisotopic (exact) mass is 978 g/mol. The van der Waals surface area contributed by atoms with Crippen molar-refractivity contribution >= 4 is 93.1 Å². The molecular weight excluding hydrogens is 928 g/mol. The second kappa shape index (κ2) is 22.1. The Bertz CT molecular complexity index is 3010. The Morgan fingerprint density at radius 2 is 0.853 bits per heavy atom. The van der Waals surface area contributed by atoms with E-state index in [0.717, 1.165) is 136 Å². The minimum atomic E-state index is 0.0179. The fraction of sp³-hybridized carbons (Fsp3) is 0.214. The predicted molar refractivity (Wildman–Crippen MR) is 287 cm³/mol. The van der Waals surface area contributed by atoms with Crippen molar-refractivity contribution in [3.63, 3.8) is 0 Å². The Morgan fingerprint density at radius 3 is 1.25 bits per heavy atom. The third kappa shape index (κ3) is 10.2. The molecule has 0 saturated heterocycles. The molecule has 0 fully saturated rings. The van der Waals surface area contributed by atoms with Gasteiger partial charge in [-0.25, -0.2) is 9.97 Å². The largest absolute Gasteiger partial charge is 0.494 e. The van der Waals surface area contributed by atoms with Crippen LogP contribution in [-0.2, 0) is 0 Å². The van der Waals surface area contributed by atoms with Crippen LogP contribution in [-0.4, -0.2) is 68.1 Å². The van der Waals surface area contributed by atoms with E-state index in [1.165, 1.54) is 0 Å². The normalized spacial score (nSPS) is 12.0. The summed E-state index contributed by atoms with van der Waals surface area (Å²) in [5.74, 6) is 2.60. The molecule has 12 heteroatoms. The fourth-order valence-corrected chi connectivity index (χ4v) is 10.8. The van der Waals surface area contributed by atoms with Crippen LogP contribution in [0, 0.1) is 0 Å². The van der Waals surface area contributed by atoms with Crippen molar-refractivity contribution in [3.8, 4) is 56.0 Å². The minimum absolute atomic E-state index is 0.0179. The van der Waals surface area contributed by atoms with Gasteiger partial charge in [0.25, 0.3) is 0 Å². The molecule has 0 atom stereocenters. The number of nitrogens with one attached hydrogen (secondary N) is 2. The standard InChI is InChI=1S/C56H52Cl2N4O4S2/c1-3-5-31-65-37-17-13-35(14-18-37)51-41-21-25-45(59-41)55(53-39(57)9-7-11-49(53)67-33-29-63)47-27-23-43(61-47)52(36-15-19-38(20-16-36)66-32-6-4-2)44-24-28-48(62-44)56(46-26-22-42(51)60-46)54-40(58)10-8-12-50(54)68-34-30-64/h7-28,59-60,63-64H,3-6,29-34H2,1-2H3. The SMILES string of the molecule is CCCCOc1ccc(-c2c3nc(c(-c4c(Cl)cccc4SCCO)c4ccc([nH]4)c(-c4ccc(OCCCC)cc4)c4ccc([nH]4)c(-c4c(Cl)cccc4SCCO)c4nc2C=C4)C=C3)cc1. The molecule has 7 aromatic rings. The van der Waals surface area contributed by atoms with Crippen LogP contribution in [0.4, 0.5) is 0 Å². The highest BCUT2D eigenvalue weighted by Crippen LogP contribution is 2.45. The van der Waals surface area contributed by atoms with E-state index in [1.54, 1.807) is 23.5 Å². The molecule has 0 radical (unpaired) electrons. The van der Waals surface area contributed by atoms with Gasteiger partial charge in [0.05, 0.1) is 49.2 Å². The van der Waals surface area contributed by atoms with E-state index in [4.69, 9.17) is 42.6 Å². The van der Waals surface area contributed by atoms with E-state index in [2.05, 4.69) is 72.3 Å². The molecule has 0 unspecified atom stereocenters. The molecule has 8 nitrogen and oxygen atoms in total. The number of hydrogen-bond donors (Lipinski definition) is 4. The van der Waals surface area contributed by atoms with E-state index in [9.17, 15) is 10.2 Å². The number of fused-ring (bicyclic) bond motifs is 8. The van der Waals surface area contributed by atoms with Crippen LogP contribution >= 0.6 is 46.7 Å². The van der Waals surface area contributed by atoms with Gasteiger partial charge >= 0.3 is 0 Å². The van der Waals surface area contributed by atoms with Crippen molar-refractivity contribution < 1.29 is 19.7 Å². The average Bonchev–Trinajstić information content (AvgIpc) is 4.21. The van der Waals surface area contributed by atoms with Gasteiger partial charge in [0.1, 0.15) is 11.5 Å². The van der Waals surface area contributed by atoms with Crippen LogP contribution in [0.15, 0.2) is 119 Å². The van der Waals surface area contributed by atoms with Gasteiger partial charge in [-0.1, -0.05) is 86.3 Å². The molecule has 0 spiro atoms. The summed E-state index contributed by atoms with van der Waals surface area (Å²) >= 11 is 17.6. The summed E-state index contributed by atoms with van der Waals surface area (Å²) < 4.78 is 12.2. The molecule has 8 bridgehead atoms. The Balaban J connectivity index is 1.41. The Hall–Kier alpha value is -5.72. The Morgan fingerprint density at radius 1 is 0.471 bits per heavy atom. The second-order valence-corrected chi connectivity index (χ2v) is 19.4. The topological polar surface area (TPSA) is 116 Å². The predicted octanol–water partition coefficient (Wildman–Crippen LogP) is 15.2. The molecule has 4 aromatic carbocycles. The number of aromatic amines is 2. The highest BCUT2D eigenvalue weighted by atomic mass is 35.5. The lowest BCUT2D eigenvalue weighted by atomic mass is 10.0. The van der Waals surface area contributed by atoms with Gasteiger partial charge in [-0.2, -0.15) is 0 Å². The third-order valence-electron chi connectivity index (χ3n) is 11.7. The smallest absolute Gasteiger partial charge is 0.119 e. The molecule has 5 heterocycles. The van der Waals surface area contributed by atoms with E-state index in [1.807, 2.05) is 85.0 Å². The van der Waals surface area contributed by atoms with Crippen molar-refractivity contribution in [2.75, 3.05) is 37.9 Å². The van der Waals surface area contributed by atoms with Gasteiger partial charge in [0.2, 0.25) is 0 Å².